The second-order valence-electron chi connectivity index (χ2n) is 5.57. The lowest BCUT2D eigenvalue weighted by molar-refractivity contribution is 0.173. The van der Waals surface area contributed by atoms with Crippen molar-refractivity contribution in [3.8, 4) is 0 Å². The largest absolute Gasteiger partial charge is 0.390 e. The number of aliphatic hydroxyl groups is 1. The number of aliphatic hydroxyl groups excluding tert-OH is 1. The minimum atomic E-state index is -0.334. The first-order valence-corrected chi connectivity index (χ1v) is 7.04. The number of nitrogens with one attached hydrogen (secondary N) is 1. The van der Waals surface area contributed by atoms with Gasteiger partial charge < -0.3 is 20.2 Å². The summed E-state index contributed by atoms with van der Waals surface area (Å²) in [5.41, 5.74) is 2.47. The number of para-hydroxylation sites is 2. The highest BCUT2D eigenvalue weighted by Crippen LogP contribution is 2.31. The molecule has 0 spiro atoms. The van der Waals surface area contributed by atoms with Gasteiger partial charge in [0.25, 0.3) is 0 Å². The van der Waals surface area contributed by atoms with Crippen LogP contribution in [0.2, 0.25) is 0 Å². The lowest BCUT2D eigenvalue weighted by Gasteiger charge is -2.38. The average Bonchev–Trinajstić information content (AvgIpc) is 2.40. The van der Waals surface area contributed by atoms with Crippen molar-refractivity contribution in [3.63, 3.8) is 0 Å². The van der Waals surface area contributed by atoms with E-state index in [0.717, 1.165) is 13.1 Å². The van der Waals surface area contributed by atoms with Crippen LogP contribution in [0.25, 0.3) is 0 Å². The SMILES string of the molecule is CC(C)NCC(O)CN1CCN(C)c2ccccc21. The van der Waals surface area contributed by atoms with Crippen molar-refractivity contribution in [2.45, 2.75) is 26.0 Å². The molecule has 1 unspecified atom stereocenters. The zero-order chi connectivity index (χ0) is 13.8. The van der Waals surface area contributed by atoms with Crippen LogP contribution >= 0.6 is 0 Å². The number of nitrogens with zero attached hydrogens (tertiary/aromatic N) is 2. The summed E-state index contributed by atoms with van der Waals surface area (Å²) < 4.78 is 0. The van der Waals surface area contributed by atoms with E-state index in [1.807, 2.05) is 0 Å². The third-order valence-corrected chi connectivity index (χ3v) is 3.53. The van der Waals surface area contributed by atoms with Gasteiger partial charge in [-0.2, -0.15) is 0 Å². The van der Waals surface area contributed by atoms with Crippen LogP contribution < -0.4 is 15.1 Å². The molecule has 0 bridgehead atoms. The summed E-state index contributed by atoms with van der Waals surface area (Å²) in [7, 11) is 2.12. The minimum absolute atomic E-state index is 0.334. The molecule has 1 aliphatic rings. The van der Waals surface area contributed by atoms with Crippen molar-refractivity contribution in [3.05, 3.63) is 24.3 Å². The number of β-amino-alcohol motifs (C(OH)–C–C–N with tert-alkyl or cyclic N) is 1. The fourth-order valence-electron chi connectivity index (χ4n) is 2.45. The molecule has 0 saturated heterocycles. The lowest BCUT2D eigenvalue weighted by atomic mass is 10.1. The Morgan fingerprint density at radius 3 is 2.58 bits per heavy atom. The Balaban J connectivity index is 2.00. The lowest BCUT2D eigenvalue weighted by Crippen LogP contribution is -2.45. The second kappa shape index (κ2) is 6.26. The maximum Gasteiger partial charge on any atom is 0.0839 e. The summed E-state index contributed by atoms with van der Waals surface area (Å²) in [5.74, 6) is 0. The van der Waals surface area contributed by atoms with Gasteiger partial charge in [0.15, 0.2) is 0 Å². The van der Waals surface area contributed by atoms with E-state index in [0.29, 0.717) is 19.1 Å². The summed E-state index contributed by atoms with van der Waals surface area (Å²) in [6.45, 7) is 7.49. The monoisotopic (exact) mass is 263 g/mol. The van der Waals surface area contributed by atoms with Crippen molar-refractivity contribution < 1.29 is 5.11 Å². The Hall–Kier alpha value is -1.26. The highest BCUT2D eigenvalue weighted by atomic mass is 16.3. The van der Waals surface area contributed by atoms with E-state index in [-0.39, 0.29) is 6.10 Å². The van der Waals surface area contributed by atoms with Gasteiger partial charge >= 0.3 is 0 Å². The molecule has 0 radical (unpaired) electrons. The zero-order valence-electron chi connectivity index (χ0n) is 12.1. The maximum atomic E-state index is 10.1. The van der Waals surface area contributed by atoms with Crippen LogP contribution in [0.4, 0.5) is 11.4 Å². The first-order valence-electron chi connectivity index (χ1n) is 7.04. The number of hydrogen-bond donors (Lipinski definition) is 2. The van der Waals surface area contributed by atoms with Gasteiger partial charge in [0.05, 0.1) is 17.5 Å². The molecule has 4 heteroatoms. The van der Waals surface area contributed by atoms with Gasteiger partial charge in [-0.1, -0.05) is 26.0 Å². The van der Waals surface area contributed by atoms with E-state index in [1.54, 1.807) is 0 Å². The number of likely N-dealkylation sites (N-methyl/N-ethyl adjacent to an activating group) is 1. The predicted molar refractivity (Wildman–Crippen MR) is 81.1 cm³/mol. The van der Waals surface area contributed by atoms with E-state index >= 15 is 0 Å². The van der Waals surface area contributed by atoms with E-state index in [2.05, 4.69) is 60.3 Å². The third-order valence-electron chi connectivity index (χ3n) is 3.53. The summed E-state index contributed by atoms with van der Waals surface area (Å²) in [6, 6.07) is 8.81. The van der Waals surface area contributed by atoms with E-state index in [9.17, 15) is 5.11 Å². The van der Waals surface area contributed by atoms with Gasteiger partial charge in [0.1, 0.15) is 0 Å². The number of hydrogen-bond acceptors (Lipinski definition) is 4. The third kappa shape index (κ3) is 3.61. The number of anilines is 2. The zero-order valence-corrected chi connectivity index (χ0v) is 12.1. The van der Waals surface area contributed by atoms with Crippen LogP contribution in [0.5, 0.6) is 0 Å². The van der Waals surface area contributed by atoms with Crippen LogP contribution in [0, 0.1) is 0 Å². The van der Waals surface area contributed by atoms with Gasteiger partial charge in [-0.25, -0.2) is 0 Å². The molecule has 1 atom stereocenters. The van der Waals surface area contributed by atoms with Crippen molar-refractivity contribution in [2.75, 3.05) is 43.0 Å². The molecule has 1 aliphatic heterocycles. The Kier molecular flexibility index (Phi) is 4.66. The van der Waals surface area contributed by atoms with E-state index in [1.165, 1.54) is 11.4 Å². The summed E-state index contributed by atoms with van der Waals surface area (Å²) in [6.07, 6.45) is -0.334. The topological polar surface area (TPSA) is 38.7 Å². The van der Waals surface area contributed by atoms with Crippen LogP contribution in [0.1, 0.15) is 13.8 Å². The summed E-state index contributed by atoms with van der Waals surface area (Å²) >= 11 is 0. The molecule has 2 N–H and O–H groups in total. The average molecular weight is 263 g/mol. The standard InChI is InChI=1S/C15H25N3O/c1-12(2)16-10-13(19)11-18-9-8-17(3)14-6-4-5-7-15(14)18/h4-7,12-13,16,19H,8-11H2,1-3H3. The first kappa shape index (κ1) is 14.2. The Labute approximate surface area is 116 Å². The molecular weight excluding hydrogens is 238 g/mol. The number of benzene rings is 1. The Bertz CT molecular complexity index is 408. The highest BCUT2D eigenvalue weighted by molar-refractivity contribution is 5.73. The smallest absolute Gasteiger partial charge is 0.0839 e. The van der Waals surface area contributed by atoms with Crippen molar-refractivity contribution in [2.24, 2.45) is 0 Å². The molecule has 1 aromatic rings. The van der Waals surface area contributed by atoms with Gasteiger partial charge in [-0.3, -0.25) is 0 Å². The molecule has 0 saturated carbocycles. The molecule has 19 heavy (non-hydrogen) atoms. The van der Waals surface area contributed by atoms with Gasteiger partial charge in [-0.15, -0.1) is 0 Å². The first-order chi connectivity index (χ1) is 9.08. The van der Waals surface area contributed by atoms with Crippen molar-refractivity contribution in [1.82, 2.24) is 5.32 Å². The minimum Gasteiger partial charge on any atom is -0.390 e. The molecule has 1 aromatic carbocycles. The van der Waals surface area contributed by atoms with Crippen LogP contribution in [-0.2, 0) is 0 Å². The molecular formula is C15H25N3O. The Morgan fingerprint density at radius 1 is 1.21 bits per heavy atom. The van der Waals surface area contributed by atoms with Gasteiger partial charge in [0, 0.05) is 39.3 Å². The van der Waals surface area contributed by atoms with E-state index < -0.39 is 0 Å². The predicted octanol–water partition coefficient (Wildman–Crippen LogP) is 1.30. The molecule has 0 fully saturated rings. The molecule has 1 heterocycles. The molecule has 2 rings (SSSR count). The van der Waals surface area contributed by atoms with Crippen molar-refractivity contribution >= 4 is 11.4 Å². The Morgan fingerprint density at radius 2 is 1.89 bits per heavy atom. The maximum absolute atomic E-state index is 10.1. The van der Waals surface area contributed by atoms with Crippen molar-refractivity contribution in [1.29, 1.82) is 0 Å². The second-order valence-corrected chi connectivity index (χ2v) is 5.57. The number of rotatable bonds is 5. The van der Waals surface area contributed by atoms with Crippen LogP contribution in [0.15, 0.2) is 24.3 Å². The van der Waals surface area contributed by atoms with E-state index in [4.69, 9.17) is 0 Å². The molecule has 0 amide bonds. The highest BCUT2D eigenvalue weighted by Gasteiger charge is 2.21. The van der Waals surface area contributed by atoms with Crippen LogP contribution in [0.3, 0.4) is 0 Å². The van der Waals surface area contributed by atoms with Crippen LogP contribution in [-0.4, -0.2) is 50.5 Å². The fraction of sp³-hybridized carbons (Fsp3) is 0.600. The molecule has 0 aliphatic carbocycles. The van der Waals surface area contributed by atoms with Gasteiger partial charge in [0.2, 0.25) is 0 Å². The van der Waals surface area contributed by atoms with Gasteiger partial charge in [-0.05, 0) is 12.1 Å². The summed E-state index contributed by atoms with van der Waals surface area (Å²) in [5, 5.41) is 13.4. The fourth-order valence-corrected chi connectivity index (χ4v) is 2.45. The summed E-state index contributed by atoms with van der Waals surface area (Å²) in [4.78, 5) is 4.55. The molecule has 0 aromatic heterocycles. The molecule has 4 nitrogen and oxygen atoms in total. The molecule has 106 valence electrons. The quantitative estimate of drug-likeness (QED) is 0.840. The number of fused-ring (bicyclic) bond motifs is 1. The normalized spacial score (nSPS) is 16.7.